The lowest BCUT2D eigenvalue weighted by molar-refractivity contribution is 0.139. The molecule has 204 valence electrons. The Bertz CT molecular complexity index is 1300. The number of hydrogen-bond donors (Lipinski definition) is 0. The van der Waals surface area contributed by atoms with E-state index >= 15 is 0 Å². The van der Waals surface area contributed by atoms with Gasteiger partial charge >= 0.3 is 0 Å². The van der Waals surface area contributed by atoms with E-state index in [0.29, 0.717) is 17.7 Å². The highest BCUT2D eigenvalue weighted by Crippen LogP contribution is 2.42. The maximum absolute atomic E-state index is 5.53. The van der Waals surface area contributed by atoms with Crippen molar-refractivity contribution in [1.29, 1.82) is 0 Å². The first-order valence-electron chi connectivity index (χ1n) is 14.4. The van der Waals surface area contributed by atoms with Gasteiger partial charge in [0, 0.05) is 49.4 Å². The highest BCUT2D eigenvalue weighted by molar-refractivity contribution is 5.81. The standard InChI is InChI=1S/C31H43N5O2/c1-19(2)36-17-23-14-25(15-24(23)18-36)35-11-9-21(10-12-35)26-13-20(3)29-31(32-26)34(4)30(33-29)22-7-8-27(37-5)28(16-22)38-6/h7-8,13,16,19,21,23-25H,9-12,14-15,17-18H2,1-6H3/t23-,24+,25+. The van der Waals surface area contributed by atoms with E-state index < -0.39 is 0 Å². The van der Waals surface area contributed by atoms with Crippen molar-refractivity contribution in [2.24, 2.45) is 18.9 Å². The Morgan fingerprint density at radius 2 is 1.61 bits per heavy atom. The fourth-order valence-electron chi connectivity index (χ4n) is 7.35. The molecule has 0 bridgehead atoms. The molecule has 4 heterocycles. The van der Waals surface area contributed by atoms with E-state index in [4.69, 9.17) is 19.4 Å². The average Bonchev–Trinajstić information content (AvgIpc) is 3.61. The van der Waals surface area contributed by atoms with Crippen LogP contribution in [0.1, 0.15) is 56.7 Å². The highest BCUT2D eigenvalue weighted by atomic mass is 16.5. The molecule has 7 nitrogen and oxygen atoms in total. The number of piperidine rings is 1. The minimum atomic E-state index is 0.520. The Balaban J connectivity index is 1.16. The van der Waals surface area contributed by atoms with E-state index in [0.717, 1.165) is 46.2 Å². The van der Waals surface area contributed by atoms with Crippen LogP contribution >= 0.6 is 0 Å². The van der Waals surface area contributed by atoms with Crippen LogP contribution in [0.5, 0.6) is 11.5 Å². The van der Waals surface area contributed by atoms with Gasteiger partial charge in [-0.3, -0.25) is 0 Å². The number of ether oxygens (including phenoxy) is 2. The second kappa shape index (κ2) is 10.2. The smallest absolute Gasteiger partial charge is 0.161 e. The van der Waals surface area contributed by atoms with Gasteiger partial charge in [0.1, 0.15) is 11.3 Å². The molecule has 7 heteroatoms. The number of nitrogens with zero attached hydrogens (tertiary/aromatic N) is 5. The number of pyridine rings is 1. The first kappa shape index (κ1) is 25.6. The molecule has 38 heavy (non-hydrogen) atoms. The Morgan fingerprint density at radius 1 is 0.921 bits per heavy atom. The third-order valence-corrected chi connectivity index (χ3v) is 9.63. The summed E-state index contributed by atoms with van der Waals surface area (Å²) in [6, 6.07) is 9.73. The van der Waals surface area contributed by atoms with Crippen molar-refractivity contribution in [2.75, 3.05) is 40.4 Å². The van der Waals surface area contributed by atoms with Gasteiger partial charge in [0.25, 0.3) is 0 Å². The molecule has 1 saturated carbocycles. The molecule has 1 aromatic carbocycles. The van der Waals surface area contributed by atoms with E-state index in [1.165, 1.54) is 63.1 Å². The van der Waals surface area contributed by atoms with Crippen molar-refractivity contribution in [2.45, 2.75) is 64.5 Å². The number of fused-ring (bicyclic) bond motifs is 2. The lowest BCUT2D eigenvalue weighted by Crippen LogP contribution is -2.41. The number of rotatable bonds is 6. The van der Waals surface area contributed by atoms with Gasteiger partial charge in [0.05, 0.1) is 14.2 Å². The minimum Gasteiger partial charge on any atom is -0.493 e. The molecule has 3 fully saturated rings. The third-order valence-electron chi connectivity index (χ3n) is 9.63. The van der Waals surface area contributed by atoms with Gasteiger partial charge in [-0.05, 0) is 101 Å². The molecule has 0 amide bonds. The quantitative estimate of drug-likeness (QED) is 0.445. The van der Waals surface area contributed by atoms with Crippen LogP contribution in [0.15, 0.2) is 24.3 Å². The zero-order chi connectivity index (χ0) is 26.6. The number of hydrogen-bond acceptors (Lipinski definition) is 6. The molecule has 0 spiro atoms. The first-order valence-corrected chi connectivity index (χ1v) is 14.4. The van der Waals surface area contributed by atoms with Crippen molar-refractivity contribution in [3.8, 4) is 22.9 Å². The summed E-state index contributed by atoms with van der Waals surface area (Å²) in [5.74, 6) is 4.67. The number of imidazole rings is 1. The summed E-state index contributed by atoms with van der Waals surface area (Å²) < 4.78 is 13.1. The van der Waals surface area contributed by atoms with Crippen LogP contribution in [0.25, 0.3) is 22.6 Å². The number of benzene rings is 1. The van der Waals surface area contributed by atoms with Gasteiger partial charge in [-0.15, -0.1) is 0 Å². The van der Waals surface area contributed by atoms with Crippen LogP contribution in [0, 0.1) is 18.8 Å². The van der Waals surface area contributed by atoms with Crippen LogP contribution < -0.4 is 9.47 Å². The molecule has 1 aliphatic carbocycles. The molecular formula is C31H43N5O2. The predicted molar refractivity (Wildman–Crippen MR) is 152 cm³/mol. The second-order valence-corrected chi connectivity index (χ2v) is 12.1. The average molecular weight is 518 g/mol. The summed E-state index contributed by atoms with van der Waals surface area (Å²) in [5.41, 5.74) is 5.37. The fourth-order valence-corrected chi connectivity index (χ4v) is 7.35. The Labute approximate surface area is 227 Å². The van der Waals surface area contributed by atoms with Crippen molar-refractivity contribution in [3.05, 3.63) is 35.5 Å². The van der Waals surface area contributed by atoms with Crippen LogP contribution in [0.4, 0.5) is 0 Å². The Hall–Kier alpha value is -2.64. The van der Waals surface area contributed by atoms with Crippen molar-refractivity contribution in [3.63, 3.8) is 0 Å². The molecule has 2 saturated heterocycles. The van der Waals surface area contributed by atoms with Crippen molar-refractivity contribution < 1.29 is 9.47 Å². The molecule has 3 aromatic rings. The predicted octanol–water partition coefficient (Wildman–Crippen LogP) is 5.26. The maximum atomic E-state index is 5.53. The van der Waals surface area contributed by atoms with E-state index in [-0.39, 0.29) is 0 Å². The molecule has 3 aliphatic rings. The number of methoxy groups -OCH3 is 2. The summed E-state index contributed by atoms with van der Waals surface area (Å²) in [6.07, 6.45) is 5.19. The second-order valence-electron chi connectivity index (χ2n) is 12.1. The highest BCUT2D eigenvalue weighted by Gasteiger charge is 2.43. The van der Waals surface area contributed by atoms with Crippen LogP contribution in [-0.4, -0.2) is 76.8 Å². The first-order chi connectivity index (χ1) is 18.4. The lowest BCUT2D eigenvalue weighted by atomic mass is 9.91. The van der Waals surface area contributed by atoms with Gasteiger partial charge < -0.3 is 23.8 Å². The van der Waals surface area contributed by atoms with Crippen LogP contribution in [0.2, 0.25) is 0 Å². The minimum absolute atomic E-state index is 0.520. The number of aryl methyl sites for hydroxylation is 2. The zero-order valence-electron chi connectivity index (χ0n) is 23.9. The topological polar surface area (TPSA) is 55.7 Å². The molecule has 0 unspecified atom stereocenters. The van der Waals surface area contributed by atoms with E-state index in [9.17, 15) is 0 Å². The summed E-state index contributed by atoms with van der Waals surface area (Å²) in [4.78, 5) is 15.7. The van der Waals surface area contributed by atoms with E-state index in [1.54, 1.807) is 14.2 Å². The molecule has 6 rings (SSSR count). The molecule has 3 atom stereocenters. The zero-order valence-corrected chi connectivity index (χ0v) is 23.9. The van der Waals surface area contributed by atoms with Crippen LogP contribution in [-0.2, 0) is 7.05 Å². The van der Waals surface area contributed by atoms with Gasteiger partial charge in [-0.25, -0.2) is 9.97 Å². The van der Waals surface area contributed by atoms with Crippen LogP contribution in [0.3, 0.4) is 0 Å². The lowest BCUT2D eigenvalue weighted by Gasteiger charge is -2.36. The summed E-state index contributed by atoms with van der Waals surface area (Å²) in [7, 11) is 5.39. The summed E-state index contributed by atoms with van der Waals surface area (Å²) in [6.45, 7) is 11.9. The molecular weight excluding hydrogens is 474 g/mol. The van der Waals surface area contributed by atoms with Gasteiger partial charge in [-0.1, -0.05) is 0 Å². The normalized spacial score (nSPS) is 25.0. The van der Waals surface area contributed by atoms with Crippen molar-refractivity contribution in [1.82, 2.24) is 24.3 Å². The SMILES string of the molecule is COc1ccc(-c2nc3c(C)cc(C4CCN([C@H]5C[C@@H]6CN(C(C)C)C[C@@H]6C5)CC4)nc3n2C)cc1OC. The molecule has 0 radical (unpaired) electrons. The molecule has 2 aliphatic heterocycles. The number of aromatic nitrogens is 3. The Morgan fingerprint density at radius 3 is 2.24 bits per heavy atom. The van der Waals surface area contributed by atoms with Gasteiger partial charge in [0.2, 0.25) is 0 Å². The maximum Gasteiger partial charge on any atom is 0.161 e. The van der Waals surface area contributed by atoms with Gasteiger partial charge in [0.15, 0.2) is 17.1 Å². The van der Waals surface area contributed by atoms with E-state index in [2.05, 4.69) is 48.3 Å². The van der Waals surface area contributed by atoms with Crippen molar-refractivity contribution >= 4 is 11.2 Å². The summed E-state index contributed by atoms with van der Waals surface area (Å²) in [5, 5.41) is 0. The number of likely N-dealkylation sites (tertiary alicyclic amines) is 2. The molecule has 0 N–H and O–H groups in total. The third kappa shape index (κ3) is 4.47. The largest absolute Gasteiger partial charge is 0.493 e. The van der Waals surface area contributed by atoms with E-state index in [1.807, 2.05) is 18.2 Å². The summed E-state index contributed by atoms with van der Waals surface area (Å²) >= 11 is 0. The monoisotopic (exact) mass is 517 g/mol. The fraction of sp³-hybridized carbons (Fsp3) is 0.613. The molecule has 2 aromatic heterocycles. The van der Waals surface area contributed by atoms with Gasteiger partial charge in [-0.2, -0.15) is 0 Å². The Kier molecular flexibility index (Phi) is 6.85.